The van der Waals surface area contributed by atoms with Gasteiger partial charge in [-0.3, -0.25) is 0 Å². The molecule has 0 aliphatic heterocycles. The fraction of sp³-hybridized carbons (Fsp3) is 0.714. The molecule has 114 valence electrons. The quantitative estimate of drug-likeness (QED) is 0.755. The summed E-state index contributed by atoms with van der Waals surface area (Å²) in [4.78, 5) is 16.1. The van der Waals surface area contributed by atoms with Crippen molar-refractivity contribution in [2.75, 3.05) is 6.54 Å². The normalized spacial score (nSPS) is 13.1. The molecule has 0 saturated carbocycles. The molecule has 0 fully saturated rings. The van der Waals surface area contributed by atoms with Gasteiger partial charge in [-0.05, 0) is 6.42 Å². The molecule has 20 heavy (non-hydrogen) atoms. The number of amides is 2. The summed E-state index contributed by atoms with van der Waals surface area (Å²) in [5.74, 6) is 0. The third-order valence-electron chi connectivity index (χ3n) is 2.84. The monoisotopic (exact) mass is 299 g/mol. The van der Waals surface area contributed by atoms with Crippen molar-refractivity contribution < 1.29 is 9.90 Å². The van der Waals surface area contributed by atoms with E-state index in [0.29, 0.717) is 13.0 Å². The molecule has 2 amide bonds. The van der Waals surface area contributed by atoms with E-state index in [1.54, 1.807) is 11.3 Å². The lowest BCUT2D eigenvalue weighted by molar-refractivity contribution is 0.160. The summed E-state index contributed by atoms with van der Waals surface area (Å²) in [6.07, 6.45) is 1.12. The number of thiazole rings is 1. The van der Waals surface area contributed by atoms with Gasteiger partial charge in [-0.25, -0.2) is 9.78 Å². The maximum Gasteiger partial charge on any atom is 0.315 e. The van der Waals surface area contributed by atoms with Crippen LogP contribution in [-0.4, -0.2) is 28.8 Å². The van der Waals surface area contributed by atoms with Crippen LogP contribution in [0.2, 0.25) is 0 Å². The maximum absolute atomic E-state index is 11.6. The highest BCUT2D eigenvalue weighted by atomic mass is 32.1. The molecule has 1 heterocycles. The first kappa shape index (κ1) is 16.9. The van der Waals surface area contributed by atoms with Gasteiger partial charge in [0.15, 0.2) is 0 Å². The Labute approximate surface area is 124 Å². The maximum atomic E-state index is 11.6. The van der Waals surface area contributed by atoms with E-state index >= 15 is 0 Å². The fourth-order valence-electron chi connectivity index (χ4n) is 1.60. The molecule has 0 saturated heterocycles. The molecule has 0 spiro atoms. The minimum Gasteiger partial charge on any atom is -0.391 e. The lowest BCUT2D eigenvalue weighted by Gasteiger charge is -2.14. The van der Waals surface area contributed by atoms with Gasteiger partial charge >= 0.3 is 6.03 Å². The number of urea groups is 1. The summed E-state index contributed by atoms with van der Waals surface area (Å²) < 4.78 is 0. The van der Waals surface area contributed by atoms with Crippen molar-refractivity contribution in [2.45, 2.75) is 58.6 Å². The summed E-state index contributed by atoms with van der Waals surface area (Å²) in [6, 6.07) is -0.271. The Bertz CT molecular complexity index is 426. The molecule has 0 aliphatic carbocycles. The predicted octanol–water partition coefficient (Wildman–Crippen LogP) is 2.40. The van der Waals surface area contributed by atoms with E-state index in [-0.39, 0.29) is 18.0 Å². The SMILES string of the molecule is CCCC(O)CNC(=O)NCc1nc(C(C)(C)C)cs1. The summed E-state index contributed by atoms with van der Waals surface area (Å²) in [5.41, 5.74) is 1.07. The van der Waals surface area contributed by atoms with Gasteiger partial charge in [0.05, 0.1) is 18.3 Å². The number of carbonyl (C=O) groups excluding carboxylic acids is 1. The molecule has 6 heteroatoms. The van der Waals surface area contributed by atoms with Crippen molar-refractivity contribution in [1.82, 2.24) is 15.6 Å². The molecule has 0 aromatic carbocycles. The number of nitrogens with zero attached hydrogens (tertiary/aromatic N) is 1. The van der Waals surface area contributed by atoms with Crippen LogP contribution in [0.5, 0.6) is 0 Å². The highest BCUT2D eigenvalue weighted by molar-refractivity contribution is 7.09. The van der Waals surface area contributed by atoms with Crippen molar-refractivity contribution >= 4 is 17.4 Å². The Kier molecular flexibility index (Phi) is 6.42. The van der Waals surface area contributed by atoms with Gasteiger partial charge in [0.2, 0.25) is 0 Å². The van der Waals surface area contributed by atoms with Gasteiger partial charge in [-0.2, -0.15) is 0 Å². The van der Waals surface area contributed by atoms with Crippen molar-refractivity contribution in [2.24, 2.45) is 0 Å². The average Bonchev–Trinajstić information content (AvgIpc) is 2.83. The summed E-state index contributed by atoms with van der Waals surface area (Å²) in [6.45, 7) is 9.03. The topological polar surface area (TPSA) is 74.2 Å². The van der Waals surface area contributed by atoms with Gasteiger partial charge in [0.25, 0.3) is 0 Å². The number of aromatic nitrogens is 1. The molecule has 0 radical (unpaired) electrons. The van der Waals surface area contributed by atoms with Crippen LogP contribution in [0.25, 0.3) is 0 Å². The second kappa shape index (κ2) is 7.59. The zero-order valence-corrected chi connectivity index (χ0v) is 13.5. The van der Waals surface area contributed by atoms with Crippen LogP contribution in [0.1, 0.15) is 51.2 Å². The van der Waals surface area contributed by atoms with Crippen molar-refractivity contribution in [1.29, 1.82) is 0 Å². The number of hydrogen-bond donors (Lipinski definition) is 3. The smallest absolute Gasteiger partial charge is 0.315 e. The van der Waals surface area contributed by atoms with E-state index in [0.717, 1.165) is 17.1 Å². The summed E-state index contributed by atoms with van der Waals surface area (Å²) in [7, 11) is 0. The zero-order chi connectivity index (χ0) is 15.2. The van der Waals surface area contributed by atoms with Crippen LogP contribution in [0.4, 0.5) is 4.79 Å². The van der Waals surface area contributed by atoms with E-state index in [1.165, 1.54) is 0 Å². The van der Waals surface area contributed by atoms with Crippen LogP contribution < -0.4 is 10.6 Å². The van der Waals surface area contributed by atoms with Crippen LogP contribution in [0.3, 0.4) is 0 Å². The molecule has 1 aromatic rings. The number of aliphatic hydroxyl groups excluding tert-OH is 1. The Balaban J connectivity index is 2.32. The van der Waals surface area contributed by atoms with Gasteiger partial charge < -0.3 is 15.7 Å². The van der Waals surface area contributed by atoms with Crippen molar-refractivity contribution in [3.63, 3.8) is 0 Å². The third kappa shape index (κ3) is 5.88. The van der Waals surface area contributed by atoms with Gasteiger partial charge in [-0.15, -0.1) is 11.3 Å². The molecular weight excluding hydrogens is 274 g/mol. The molecule has 5 nitrogen and oxygen atoms in total. The van der Waals surface area contributed by atoms with Gasteiger partial charge in [-0.1, -0.05) is 34.1 Å². The van der Waals surface area contributed by atoms with E-state index in [4.69, 9.17) is 0 Å². The summed E-state index contributed by atoms with van der Waals surface area (Å²) >= 11 is 1.55. The van der Waals surface area contributed by atoms with Crippen LogP contribution in [-0.2, 0) is 12.0 Å². The molecule has 0 bridgehead atoms. The second-order valence-corrected chi connectivity index (χ2v) is 6.83. The molecule has 3 N–H and O–H groups in total. The zero-order valence-electron chi connectivity index (χ0n) is 12.7. The van der Waals surface area contributed by atoms with Crippen LogP contribution in [0, 0.1) is 0 Å². The largest absolute Gasteiger partial charge is 0.391 e. The first-order valence-electron chi connectivity index (χ1n) is 6.97. The average molecular weight is 299 g/mol. The Morgan fingerprint density at radius 3 is 2.70 bits per heavy atom. The predicted molar refractivity (Wildman–Crippen MR) is 82.0 cm³/mol. The highest BCUT2D eigenvalue weighted by Crippen LogP contribution is 2.23. The number of carbonyl (C=O) groups is 1. The number of rotatable bonds is 6. The van der Waals surface area contributed by atoms with E-state index in [1.807, 2.05) is 12.3 Å². The Hall–Kier alpha value is -1.14. The van der Waals surface area contributed by atoms with Crippen LogP contribution >= 0.6 is 11.3 Å². The fourth-order valence-corrected chi connectivity index (χ4v) is 2.56. The molecular formula is C14H25N3O2S. The molecule has 1 aromatic heterocycles. The minimum atomic E-state index is -0.474. The van der Waals surface area contributed by atoms with Crippen molar-refractivity contribution in [3.05, 3.63) is 16.1 Å². The third-order valence-corrected chi connectivity index (χ3v) is 3.69. The molecule has 0 aliphatic rings. The van der Waals surface area contributed by atoms with E-state index < -0.39 is 6.10 Å². The lowest BCUT2D eigenvalue weighted by atomic mass is 9.93. The number of nitrogens with one attached hydrogen (secondary N) is 2. The highest BCUT2D eigenvalue weighted by Gasteiger charge is 2.17. The van der Waals surface area contributed by atoms with Gasteiger partial charge in [0.1, 0.15) is 5.01 Å². The Morgan fingerprint density at radius 1 is 1.45 bits per heavy atom. The van der Waals surface area contributed by atoms with Gasteiger partial charge in [0, 0.05) is 17.3 Å². The molecule has 1 unspecified atom stereocenters. The Morgan fingerprint density at radius 2 is 2.15 bits per heavy atom. The second-order valence-electron chi connectivity index (χ2n) is 5.88. The first-order valence-corrected chi connectivity index (χ1v) is 7.85. The first-order chi connectivity index (χ1) is 9.32. The van der Waals surface area contributed by atoms with Crippen LogP contribution in [0.15, 0.2) is 5.38 Å². The standard InChI is InChI=1S/C14H25N3O2S/c1-5-6-10(18)7-15-13(19)16-8-12-17-11(9-20-12)14(2,3)4/h9-10,18H,5-8H2,1-4H3,(H2,15,16,19). The minimum absolute atomic E-state index is 0.0290. The summed E-state index contributed by atoms with van der Waals surface area (Å²) in [5, 5.41) is 17.8. The lowest BCUT2D eigenvalue weighted by Crippen LogP contribution is -2.39. The number of hydrogen-bond acceptors (Lipinski definition) is 4. The number of aliphatic hydroxyl groups is 1. The van der Waals surface area contributed by atoms with E-state index in [9.17, 15) is 9.90 Å². The molecule has 1 rings (SSSR count). The molecule has 1 atom stereocenters. The van der Waals surface area contributed by atoms with E-state index in [2.05, 4.69) is 36.4 Å². The van der Waals surface area contributed by atoms with Crippen molar-refractivity contribution in [3.8, 4) is 0 Å².